The SMILES string of the molecule is O=C(C[C@H](Sc1cccc2cccnc12)c1ccc2c(c1)OCO2)c1cccs1. The molecule has 4 aromatic rings. The lowest BCUT2D eigenvalue weighted by molar-refractivity contribution is 0.0986. The van der Waals surface area contributed by atoms with Gasteiger partial charge >= 0.3 is 0 Å². The van der Waals surface area contributed by atoms with E-state index in [2.05, 4.69) is 23.2 Å². The van der Waals surface area contributed by atoms with Crippen LogP contribution in [0.1, 0.15) is 26.9 Å². The fourth-order valence-corrected chi connectivity index (χ4v) is 5.31. The number of nitrogens with zero attached hydrogens (tertiary/aromatic N) is 1. The van der Waals surface area contributed by atoms with Gasteiger partial charge < -0.3 is 9.47 Å². The summed E-state index contributed by atoms with van der Waals surface area (Å²) in [4.78, 5) is 19.3. The molecule has 0 aliphatic carbocycles. The van der Waals surface area contributed by atoms with E-state index < -0.39 is 0 Å². The zero-order valence-electron chi connectivity index (χ0n) is 15.4. The molecule has 3 heterocycles. The molecule has 0 fully saturated rings. The van der Waals surface area contributed by atoms with Gasteiger partial charge in [-0.2, -0.15) is 0 Å². The number of Topliss-reactive ketones (excluding diaryl/α,β-unsaturated/α-hetero) is 1. The lowest BCUT2D eigenvalue weighted by Gasteiger charge is -2.17. The Bertz CT molecular complexity index is 1170. The van der Waals surface area contributed by atoms with Gasteiger partial charge in [-0.05, 0) is 41.3 Å². The van der Waals surface area contributed by atoms with Crippen LogP contribution in [0.2, 0.25) is 0 Å². The summed E-state index contributed by atoms with van der Waals surface area (Å²) in [5, 5.41) is 2.96. The summed E-state index contributed by atoms with van der Waals surface area (Å²) in [5.74, 6) is 1.62. The molecule has 0 bridgehead atoms. The van der Waals surface area contributed by atoms with Crippen molar-refractivity contribution in [3.05, 3.63) is 82.7 Å². The highest BCUT2D eigenvalue weighted by atomic mass is 32.2. The first kappa shape index (κ1) is 18.2. The Morgan fingerprint density at radius 3 is 2.86 bits per heavy atom. The number of benzene rings is 2. The molecule has 0 N–H and O–H groups in total. The zero-order valence-corrected chi connectivity index (χ0v) is 17.0. The molecule has 1 aliphatic heterocycles. The molecule has 0 spiro atoms. The normalized spacial score (nSPS) is 13.5. The summed E-state index contributed by atoms with van der Waals surface area (Å²) >= 11 is 3.15. The van der Waals surface area contributed by atoms with E-state index in [-0.39, 0.29) is 17.8 Å². The number of pyridine rings is 1. The van der Waals surface area contributed by atoms with Crippen molar-refractivity contribution < 1.29 is 14.3 Å². The van der Waals surface area contributed by atoms with Crippen molar-refractivity contribution in [2.24, 2.45) is 0 Å². The maximum absolute atomic E-state index is 12.9. The van der Waals surface area contributed by atoms with Crippen LogP contribution < -0.4 is 9.47 Å². The number of ketones is 1. The van der Waals surface area contributed by atoms with Crippen LogP contribution in [0.15, 0.2) is 77.1 Å². The predicted molar refractivity (Wildman–Crippen MR) is 116 cm³/mol. The highest BCUT2D eigenvalue weighted by Gasteiger charge is 2.23. The maximum Gasteiger partial charge on any atom is 0.231 e. The van der Waals surface area contributed by atoms with Crippen LogP contribution in [0.3, 0.4) is 0 Å². The zero-order chi connectivity index (χ0) is 19.6. The number of para-hydroxylation sites is 1. The number of thioether (sulfide) groups is 1. The third kappa shape index (κ3) is 3.73. The molecule has 5 rings (SSSR count). The predicted octanol–water partition coefficient (Wildman–Crippen LogP) is 6.13. The summed E-state index contributed by atoms with van der Waals surface area (Å²) in [7, 11) is 0. The molecule has 6 heteroatoms. The molecule has 29 heavy (non-hydrogen) atoms. The van der Waals surface area contributed by atoms with Gasteiger partial charge in [-0.25, -0.2) is 0 Å². The van der Waals surface area contributed by atoms with E-state index >= 15 is 0 Å². The third-order valence-corrected chi connectivity index (χ3v) is 7.02. The molecular weight excluding hydrogens is 402 g/mol. The summed E-state index contributed by atoms with van der Waals surface area (Å²) < 4.78 is 11.0. The second-order valence-corrected chi connectivity index (χ2v) is 8.85. The number of carbonyl (C=O) groups excluding carboxylic acids is 1. The summed E-state index contributed by atoms with van der Waals surface area (Å²) in [6.07, 6.45) is 2.20. The largest absolute Gasteiger partial charge is 0.454 e. The molecule has 2 aromatic carbocycles. The van der Waals surface area contributed by atoms with Gasteiger partial charge in [-0.15, -0.1) is 23.1 Å². The number of hydrogen-bond donors (Lipinski definition) is 0. The van der Waals surface area contributed by atoms with Gasteiger partial charge in [0.1, 0.15) is 0 Å². The topological polar surface area (TPSA) is 48.4 Å². The highest BCUT2D eigenvalue weighted by molar-refractivity contribution is 7.99. The van der Waals surface area contributed by atoms with Crippen LogP contribution >= 0.6 is 23.1 Å². The van der Waals surface area contributed by atoms with Gasteiger partial charge in [0.25, 0.3) is 0 Å². The maximum atomic E-state index is 12.9. The Kier molecular flexibility index (Phi) is 4.96. The molecule has 1 atom stereocenters. The number of fused-ring (bicyclic) bond motifs is 2. The Morgan fingerprint density at radius 1 is 1.07 bits per heavy atom. The third-order valence-electron chi connectivity index (χ3n) is 4.80. The van der Waals surface area contributed by atoms with Gasteiger partial charge in [-0.3, -0.25) is 9.78 Å². The molecule has 0 saturated heterocycles. The molecule has 4 nitrogen and oxygen atoms in total. The minimum absolute atomic E-state index is 0.0632. The lowest BCUT2D eigenvalue weighted by Crippen LogP contribution is -2.04. The van der Waals surface area contributed by atoms with Crippen molar-refractivity contribution in [3.63, 3.8) is 0 Å². The fourth-order valence-electron chi connectivity index (χ4n) is 3.37. The average molecular weight is 420 g/mol. The number of aromatic nitrogens is 1. The van der Waals surface area contributed by atoms with Crippen molar-refractivity contribution in [2.75, 3.05) is 6.79 Å². The van der Waals surface area contributed by atoms with Gasteiger partial charge in [0.05, 0.1) is 10.4 Å². The van der Waals surface area contributed by atoms with Crippen molar-refractivity contribution in [1.29, 1.82) is 0 Å². The molecule has 0 radical (unpaired) electrons. The van der Waals surface area contributed by atoms with Crippen molar-refractivity contribution >= 4 is 39.8 Å². The number of carbonyl (C=O) groups is 1. The van der Waals surface area contributed by atoms with E-state index in [0.29, 0.717) is 6.42 Å². The molecule has 144 valence electrons. The van der Waals surface area contributed by atoms with E-state index in [9.17, 15) is 4.79 Å². The van der Waals surface area contributed by atoms with Crippen LogP contribution in [-0.2, 0) is 0 Å². The monoisotopic (exact) mass is 419 g/mol. The second kappa shape index (κ2) is 7.89. The Morgan fingerprint density at radius 2 is 1.97 bits per heavy atom. The molecule has 0 saturated carbocycles. The Balaban J connectivity index is 1.51. The molecule has 1 aliphatic rings. The molecule has 0 amide bonds. The minimum Gasteiger partial charge on any atom is -0.454 e. The van der Waals surface area contributed by atoms with E-state index in [0.717, 1.165) is 37.7 Å². The summed E-state index contributed by atoms with van der Waals surface area (Å²) in [6.45, 7) is 0.234. The van der Waals surface area contributed by atoms with Crippen LogP contribution in [-0.4, -0.2) is 17.6 Å². The number of rotatable bonds is 6. The first-order valence-corrected chi connectivity index (χ1v) is 11.0. The Labute approximate surface area is 176 Å². The Hall–Kier alpha value is -2.83. The van der Waals surface area contributed by atoms with Gasteiger partial charge in [0.15, 0.2) is 17.3 Å². The fraction of sp³-hybridized carbons (Fsp3) is 0.130. The first-order chi connectivity index (χ1) is 14.3. The van der Waals surface area contributed by atoms with Crippen molar-refractivity contribution in [2.45, 2.75) is 16.6 Å². The van der Waals surface area contributed by atoms with Gasteiger partial charge in [0, 0.05) is 28.1 Å². The number of thiophene rings is 1. The van der Waals surface area contributed by atoms with Gasteiger partial charge in [0.2, 0.25) is 6.79 Å². The molecule has 2 aromatic heterocycles. The average Bonchev–Trinajstić information content (AvgIpc) is 3.45. The van der Waals surface area contributed by atoms with Crippen LogP contribution in [0.4, 0.5) is 0 Å². The number of ether oxygens (including phenoxy) is 2. The van der Waals surface area contributed by atoms with Crippen molar-refractivity contribution in [1.82, 2.24) is 4.98 Å². The van der Waals surface area contributed by atoms with Crippen LogP contribution in [0.25, 0.3) is 10.9 Å². The standard InChI is InChI=1S/C23H17NO3S2/c25-17(20-7-3-11-28-20)13-22(16-8-9-18-19(12-16)27-14-26-18)29-21-6-1-4-15-5-2-10-24-23(15)21/h1-12,22H,13-14H2/t22-/m0/s1. The van der Waals surface area contributed by atoms with Crippen molar-refractivity contribution in [3.8, 4) is 11.5 Å². The lowest BCUT2D eigenvalue weighted by atomic mass is 10.1. The molecular formula is C23H17NO3S2. The van der Waals surface area contributed by atoms with Crippen LogP contribution in [0.5, 0.6) is 11.5 Å². The van der Waals surface area contributed by atoms with Gasteiger partial charge in [-0.1, -0.05) is 30.3 Å². The van der Waals surface area contributed by atoms with E-state index in [1.54, 1.807) is 18.0 Å². The smallest absolute Gasteiger partial charge is 0.231 e. The highest BCUT2D eigenvalue weighted by Crippen LogP contribution is 2.44. The van der Waals surface area contributed by atoms with E-state index in [1.807, 2.05) is 47.8 Å². The van der Waals surface area contributed by atoms with E-state index in [1.165, 1.54) is 11.3 Å². The second-order valence-electron chi connectivity index (χ2n) is 6.66. The molecule has 0 unspecified atom stereocenters. The van der Waals surface area contributed by atoms with Crippen LogP contribution in [0, 0.1) is 0 Å². The minimum atomic E-state index is -0.0632. The summed E-state index contributed by atoms with van der Waals surface area (Å²) in [5.41, 5.74) is 1.99. The number of hydrogen-bond acceptors (Lipinski definition) is 6. The summed E-state index contributed by atoms with van der Waals surface area (Å²) in [6, 6.07) is 19.9. The quantitative estimate of drug-likeness (QED) is 0.278. The first-order valence-electron chi connectivity index (χ1n) is 9.24. The van der Waals surface area contributed by atoms with E-state index in [4.69, 9.17) is 9.47 Å².